The van der Waals surface area contributed by atoms with E-state index in [0.29, 0.717) is 17.9 Å². The van der Waals surface area contributed by atoms with Crippen LogP contribution >= 0.6 is 0 Å². The molecule has 0 amide bonds. The molecule has 1 unspecified atom stereocenters. The third kappa shape index (κ3) is 4.59. The second-order valence-corrected chi connectivity index (χ2v) is 4.05. The van der Waals surface area contributed by atoms with Gasteiger partial charge in [-0.2, -0.15) is 0 Å². The van der Waals surface area contributed by atoms with Crippen LogP contribution < -0.4 is 20.7 Å². The summed E-state index contributed by atoms with van der Waals surface area (Å²) < 4.78 is 39.4. The van der Waals surface area contributed by atoms with Crippen LogP contribution in [0.15, 0.2) is 18.2 Å². The summed E-state index contributed by atoms with van der Waals surface area (Å²) in [5.41, 5.74) is 3.37. The average molecular weight is 290 g/mol. The van der Waals surface area contributed by atoms with Gasteiger partial charge >= 0.3 is 0 Å². The van der Waals surface area contributed by atoms with Crippen LogP contribution in [0.1, 0.15) is 18.0 Å². The Balaban J connectivity index is 2.78. The van der Waals surface area contributed by atoms with Gasteiger partial charge in [-0.25, -0.2) is 8.78 Å². The fraction of sp³-hybridized carbons (Fsp3) is 0.538. The second kappa shape index (κ2) is 8.68. The van der Waals surface area contributed by atoms with Crippen LogP contribution in [0.25, 0.3) is 0 Å². The number of ether oxygens (including phenoxy) is 3. The van der Waals surface area contributed by atoms with Gasteiger partial charge in [0, 0.05) is 6.61 Å². The van der Waals surface area contributed by atoms with Gasteiger partial charge < -0.3 is 14.2 Å². The van der Waals surface area contributed by atoms with Crippen LogP contribution in [0.3, 0.4) is 0 Å². The molecule has 3 N–H and O–H groups in total. The molecule has 114 valence electrons. The Labute approximate surface area is 117 Å². The average Bonchev–Trinajstić information content (AvgIpc) is 2.46. The number of nitrogens with two attached hydrogens (primary N) is 1. The Kier molecular flexibility index (Phi) is 7.21. The predicted octanol–water partition coefficient (Wildman–Crippen LogP) is 1.88. The molecule has 1 atom stereocenters. The summed E-state index contributed by atoms with van der Waals surface area (Å²) in [7, 11) is 3.08. The molecule has 20 heavy (non-hydrogen) atoms. The monoisotopic (exact) mass is 290 g/mol. The summed E-state index contributed by atoms with van der Waals surface area (Å²) >= 11 is 0. The van der Waals surface area contributed by atoms with Crippen LogP contribution in [-0.4, -0.2) is 33.9 Å². The van der Waals surface area contributed by atoms with Crippen molar-refractivity contribution in [2.24, 2.45) is 5.84 Å². The number of rotatable bonds is 9. The van der Waals surface area contributed by atoms with Crippen LogP contribution in [-0.2, 0) is 4.74 Å². The SMILES string of the molecule is COc1cccc(OC)c1C(CCOCC(F)F)NN. The summed E-state index contributed by atoms with van der Waals surface area (Å²) in [6.07, 6.45) is -2.06. The maximum Gasteiger partial charge on any atom is 0.261 e. The molecule has 1 rings (SSSR count). The lowest BCUT2D eigenvalue weighted by molar-refractivity contribution is 0.0142. The Morgan fingerprint density at radius 3 is 2.25 bits per heavy atom. The number of hydrogen-bond acceptors (Lipinski definition) is 5. The Bertz CT molecular complexity index is 383. The minimum Gasteiger partial charge on any atom is -0.496 e. The van der Waals surface area contributed by atoms with E-state index in [1.54, 1.807) is 32.4 Å². The quantitative estimate of drug-likeness (QED) is 0.413. The van der Waals surface area contributed by atoms with Crippen LogP contribution in [0.5, 0.6) is 11.5 Å². The lowest BCUT2D eigenvalue weighted by Gasteiger charge is -2.21. The molecule has 0 saturated heterocycles. The number of hydrogen-bond donors (Lipinski definition) is 2. The van der Waals surface area contributed by atoms with Gasteiger partial charge in [-0.1, -0.05) is 6.07 Å². The Hall–Kier alpha value is -1.44. The minimum absolute atomic E-state index is 0.153. The van der Waals surface area contributed by atoms with Gasteiger partial charge in [0.15, 0.2) is 0 Å². The number of halogens is 2. The topological polar surface area (TPSA) is 65.7 Å². The van der Waals surface area contributed by atoms with Crippen molar-refractivity contribution in [3.8, 4) is 11.5 Å². The first-order valence-corrected chi connectivity index (χ1v) is 6.17. The van der Waals surface area contributed by atoms with E-state index in [0.717, 1.165) is 5.56 Å². The predicted molar refractivity (Wildman–Crippen MR) is 71.1 cm³/mol. The van der Waals surface area contributed by atoms with Gasteiger partial charge in [-0.3, -0.25) is 11.3 Å². The fourth-order valence-corrected chi connectivity index (χ4v) is 1.91. The van der Waals surface area contributed by atoms with E-state index in [1.165, 1.54) is 0 Å². The smallest absolute Gasteiger partial charge is 0.261 e. The molecule has 0 heterocycles. The van der Waals surface area contributed by atoms with Crippen molar-refractivity contribution in [3.05, 3.63) is 23.8 Å². The second-order valence-electron chi connectivity index (χ2n) is 4.05. The van der Waals surface area contributed by atoms with E-state index in [1.807, 2.05) is 0 Å². The summed E-state index contributed by atoms with van der Waals surface area (Å²) in [6.45, 7) is -0.430. The molecule has 0 radical (unpaired) electrons. The van der Waals surface area contributed by atoms with Crippen molar-refractivity contribution < 1.29 is 23.0 Å². The number of benzene rings is 1. The maximum atomic E-state index is 12.0. The lowest BCUT2D eigenvalue weighted by Crippen LogP contribution is -2.30. The highest BCUT2D eigenvalue weighted by Crippen LogP contribution is 2.35. The summed E-state index contributed by atoms with van der Waals surface area (Å²) in [5.74, 6) is 6.75. The standard InChI is InChI=1S/C13H20F2N2O3/c1-18-10-4-3-5-11(19-2)13(10)9(17-16)6-7-20-8-12(14)15/h3-5,9,12,17H,6-8,16H2,1-2H3. The maximum absolute atomic E-state index is 12.0. The molecule has 7 heteroatoms. The molecule has 5 nitrogen and oxygen atoms in total. The van der Waals surface area contributed by atoms with E-state index < -0.39 is 13.0 Å². The van der Waals surface area contributed by atoms with Gasteiger partial charge in [0.2, 0.25) is 0 Å². The van der Waals surface area contributed by atoms with Gasteiger partial charge in [-0.15, -0.1) is 0 Å². The van der Waals surface area contributed by atoms with E-state index in [4.69, 9.17) is 20.1 Å². The third-order valence-corrected chi connectivity index (χ3v) is 2.81. The van der Waals surface area contributed by atoms with Gasteiger partial charge in [0.1, 0.15) is 18.1 Å². The molecular weight excluding hydrogens is 270 g/mol. The van der Waals surface area contributed by atoms with E-state index in [9.17, 15) is 8.78 Å². The van der Waals surface area contributed by atoms with Gasteiger partial charge in [-0.05, 0) is 18.6 Å². The van der Waals surface area contributed by atoms with Crippen LogP contribution in [0.4, 0.5) is 8.78 Å². The highest BCUT2D eigenvalue weighted by molar-refractivity contribution is 5.46. The fourth-order valence-electron chi connectivity index (χ4n) is 1.91. The third-order valence-electron chi connectivity index (χ3n) is 2.81. The molecular formula is C13H20F2N2O3. The normalized spacial score (nSPS) is 12.5. The minimum atomic E-state index is -2.47. The lowest BCUT2D eigenvalue weighted by atomic mass is 10.0. The highest BCUT2D eigenvalue weighted by atomic mass is 19.3. The number of hydrazine groups is 1. The molecule has 0 aliphatic carbocycles. The summed E-state index contributed by atoms with van der Waals surface area (Å²) in [5, 5.41) is 0. The first kappa shape index (κ1) is 16.6. The largest absolute Gasteiger partial charge is 0.496 e. The first-order chi connectivity index (χ1) is 9.63. The van der Waals surface area contributed by atoms with Crippen molar-refractivity contribution in [2.75, 3.05) is 27.4 Å². The number of methoxy groups -OCH3 is 2. The zero-order valence-corrected chi connectivity index (χ0v) is 11.6. The van der Waals surface area contributed by atoms with Crippen molar-refractivity contribution in [1.82, 2.24) is 5.43 Å². The van der Waals surface area contributed by atoms with Crippen molar-refractivity contribution in [1.29, 1.82) is 0 Å². The van der Waals surface area contributed by atoms with E-state index >= 15 is 0 Å². The van der Waals surface area contributed by atoms with Crippen molar-refractivity contribution >= 4 is 0 Å². The molecule has 0 bridgehead atoms. The highest BCUT2D eigenvalue weighted by Gasteiger charge is 2.20. The Morgan fingerprint density at radius 1 is 1.20 bits per heavy atom. The molecule has 1 aromatic carbocycles. The van der Waals surface area contributed by atoms with E-state index in [-0.39, 0.29) is 12.6 Å². The van der Waals surface area contributed by atoms with Crippen molar-refractivity contribution in [2.45, 2.75) is 18.9 Å². The summed E-state index contributed by atoms with van der Waals surface area (Å²) in [4.78, 5) is 0. The van der Waals surface area contributed by atoms with E-state index in [2.05, 4.69) is 5.43 Å². The van der Waals surface area contributed by atoms with Gasteiger partial charge in [0.05, 0.1) is 25.8 Å². The van der Waals surface area contributed by atoms with Crippen LogP contribution in [0, 0.1) is 0 Å². The molecule has 0 fully saturated rings. The Morgan fingerprint density at radius 2 is 1.80 bits per heavy atom. The number of alkyl halides is 2. The molecule has 1 aromatic rings. The molecule has 0 spiro atoms. The molecule has 0 aliphatic rings. The molecule has 0 saturated carbocycles. The summed E-state index contributed by atoms with van der Waals surface area (Å²) in [6, 6.07) is 5.03. The molecule has 0 aliphatic heterocycles. The van der Waals surface area contributed by atoms with Gasteiger partial charge in [0.25, 0.3) is 6.43 Å². The zero-order valence-electron chi connectivity index (χ0n) is 11.6. The van der Waals surface area contributed by atoms with Crippen LogP contribution in [0.2, 0.25) is 0 Å². The first-order valence-electron chi connectivity index (χ1n) is 6.17. The van der Waals surface area contributed by atoms with Crippen molar-refractivity contribution in [3.63, 3.8) is 0 Å². The zero-order chi connectivity index (χ0) is 15.0. The molecule has 0 aromatic heterocycles. The number of nitrogens with one attached hydrogen (secondary N) is 1.